The quantitative estimate of drug-likeness (QED) is 0.913. The van der Waals surface area contributed by atoms with E-state index in [1.54, 1.807) is 18.2 Å². The molecule has 1 heterocycles. The molecular weight excluding hydrogens is 263 g/mol. The molecule has 88 valence electrons. The molecule has 0 bridgehead atoms. The van der Waals surface area contributed by atoms with Crippen LogP contribution in [0.25, 0.3) is 11.3 Å². The molecule has 0 amide bonds. The van der Waals surface area contributed by atoms with Crippen LogP contribution in [0, 0.1) is 0 Å². The summed E-state index contributed by atoms with van der Waals surface area (Å²) in [5.41, 5.74) is 0.555. The third-order valence-corrected chi connectivity index (χ3v) is 3.04. The van der Waals surface area contributed by atoms with E-state index in [2.05, 4.69) is 9.97 Å². The van der Waals surface area contributed by atoms with Crippen molar-refractivity contribution in [3.63, 3.8) is 0 Å². The molecule has 2 aromatic rings. The first-order valence-electron chi connectivity index (χ1n) is 4.71. The Hall–Kier alpha value is -1.52. The van der Waals surface area contributed by atoms with Crippen molar-refractivity contribution in [3.05, 3.63) is 44.9 Å². The first kappa shape index (κ1) is 12.0. The predicted octanol–water partition coefficient (Wildman–Crippen LogP) is 2.75. The van der Waals surface area contributed by atoms with Gasteiger partial charge in [0, 0.05) is 5.56 Å². The molecule has 17 heavy (non-hydrogen) atoms. The van der Waals surface area contributed by atoms with Gasteiger partial charge in [0.2, 0.25) is 5.75 Å². The Kier molecular flexibility index (Phi) is 3.36. The number of hydrogen-bond donors (Lipinski definition) is 1. The number of rotatable bonds is 2. The minimum Gasteiger partial charge on any atom is -0.490 e. The molecule has 0 unspecified atom stereocenters. The Morgan fingerprint density at radius 3 is 2.82 bits per heavy atom. The van der Waals surface area contributed by atoms with Crippen molar-refractivity contribution in [1.29, 1.82) is 0 Å². The highest BCUT2D eigenvalue weighted by molar-refractivity contribution is 6.43. The Bertz CT molecular complexity index is 611. The van der Waals surface area contributed by atoms with Crippen LogP contribution < -0.4 is 10.3 Å². The van der Waals surface area contributed by atoms with Crippen LogP contribution in [-0.2, 0) is 0 Å². The molecule has 2 rings (SSSR count). The van der Waals surface area contributed by atoms with Gasteiger partial charge < -0.3 is 9.72 Å². The summed E-state index contributed by atoms with van der Waals surface area (Å²) in [5.74, 6) is 0.108. The third-order valence-electron chi connectivity index (χ3n) is 2.22. The maximum absolute atomic E-state index is 11.5. The van der Waals surface area contributed by atoms with Gasteiger partial charge in [0.25, 0.3) is 5.56 Å². The normalized spacial score (nSPS) is 10.3. The highest BCUT2D eigenvalue weighted by atomic mass is 35.5. The molecule has 0 saturated carbocycles. The van der Waals surface area contributed by atoms with E-state index in [-0.39, 0.29) is 11.3 Å². The van der Waals surface area contributed by atoms with Gasteiger partial charge in [-0.2, -0.15) is 0 Å². The third kappa shape index (κ3) is 2.14. The van der Waals surface area contributed by atoms with Gasteiger partial charge in [-0.15, -0.1) is 0 Å². The minimum atomic E-state index is -0.367. The molecule has 0 fully saturated rings. The SMILES string of the molecule is COc1c(-c2cccc(Cl)c2Cl)nc[nH]c1=O. The summed E-state index contributed by atoms with van der Waals surface area (Å²) >= 11 is 12.0. The number of hydrogen-bond acceptors (Lipinski definition) is 3. The number of ether oxygens (including phenoxy) is 1. The highest BCUT2D eigenvalue weighted by Gasteiger charge is 2.15. The van der Waals surface area contributed by atoms with E-state index in [0.717, 1.165) is 0 Å². The molecule has 0 aliphatic rings. The van der Waals surface area contributed by atoms with Crippen molar-refractivity contribution in [1.82, 2.24) is 9.97 Å². The van der Waals surface area contributed by atoms with Crippen LogP contribution in [0.5, 0.6) is 5.75 Å². The summed E-state index contributed by atoms with van der Waals surface area (Å²) in [6, 6.07) is 5.11. The van der Waals surface area contributed by atoms with Crippen molar-refractivity contribution in [2.75, 3.05) is 7.11 Å². The van der Waals surface area contributed by atoms with E-state index in [4.69, 9.17) is 27.9 Å². The summed E-state index contributed by atoms with van der Waals surface area (Å²) < 4.78 is 5.02. The monoisotopic (exact) mass is 270 g/mol. The van der Waals surface area contributed by atoms with E-state index >= 15 is 0 Å². The topological polar surface area (TPSA) is 55.0 Å². The van der Waals surface area contributed by atoms with Crippen LogP contribution >= 0.6 is 23.2 Å². The molecule has 0 spiro atoms. The van der Waals surface area contributed by atoms with Gasteiger partial charge in [0.15, 0.2) is 0 Å². The van der Waals surface area contributed by atoms with E-state index in [9.17, 15) is 4.79 Å². The lowest BCUT2D eigenvalue weighted by Crippen LogP contribution is -2.11. The molecule has 0 aliphatic heterocycles. The maximum Gasteiger partial charge on any atom is 0.293 e. The predicted molar refractivity (Wildman–Crippen MR) is 66.9 cm³/mol. The molecule has 4 nitrogen and oxygen atoms in total. The van der Waals surface area contributed by atoms with Gasteiger partial charge in [-0.05, 0) is 6.07 Å². The largest absolute Gasteiger partial charge is 0.490 e. The molecular formula is C11H8Cl2N2O2. The summed E-state index contributed by atoms with van der Waals surface area (Å²) in [6.07, 6.45) is 1.29. The standard InChI is InChI=1S/C11H8Cl2N2O2/c1-17-10-9(14-5-15-11(10)16)6-3-2-4-7(12)8(6)13/h2-5H,1H3,(H,14,15,16). The zero-order chi connectivity index (χ0) is 12.4. The van der Waals surface area contributed by atoms with E-state index in [1.165, 1.54) is 13.4 Å². The number of halogens is 2. The average molecular weight is 271 g/mol. The smallest absolute Gasteiger partial charge is 0.293 e. The van der Waals surface area contributed by atoms with Gasteiger partial charge in [0.1, 0.15) is 5.69 Å². The molecule has 6 heteroatoms. The first-order valence-corrected chi connectivity index (χ1v) is 5.46. The second kappa shape index (κ2) is 4.77. The van der Waals surface area contributed by atoms with Gasteiger partial charge in [0.05, 0.1) is 23.5 Å². The fourth-order valence-electron chi connectivity index (χ4n) is 1.46. The number of nitrogens with one attached hydrogen (secondary N) is 1. The number of aromatic amines is 1. The molecule has 0 aliphatic carbocycles. The molecule has 1 N–H and O–H groups in total. The summed E-state index contributed by atoms with van der Waals surface area (Å²) in [4.78, 5) is 18.0. The molecule has 1 aromatic carbocycles. The van der Waals surface area contributed by atoms with Crippen LogP contribution in [0.15, 0.2) is 29.3 Å². The van der Waals surface area contributed by atoms with Crippen LogP contribution in [-0.4, -0.2) is 17.1 Å². The second-order valence-electron chi connectivity index (χ2n) is 3.21. The van der Waals surface area contributed by atoms with Crippen LogP contribution in [0.4, 0.5) is 0 Å². The number of benzene rings is 1. The van der Waals surface area contributed by atoms with Crippen molar-refractivity contribution in [2.45, 2.75) is 0 Å². The van der Waals surface area contributed by atoms with Crippen LogP contribution in [0.1, 0.15) is 0 Å². The zero-order valence-electron chi connectivity index (χ0n) is 8.83. The fourth-order valence-corrected chi connectivity index (χ4v) is 1.85. The van der Waals surface area contributed by atoms with Gasteiger partial charge in [-0.3, -0.25) is 4.79 Å². The van der Waals surface area contributed by atoms with Crippen molar-refractivity contribution in [2.24, 2.45) is 0 Å². The molecule has 1 aromatic heterocycles. The number of aromatic nitrogens is 2. The Morgan fingerprint density at radius 1 is 1.35 bits per heavy atom. The van der Waals surface area contributed by atoms with Crippen LogP contribution in [0.2, 0.25) is 10.0 Å². The number of methoxy groups -OCH3 is 1. The summed E-state index contributed by atoms with van der Waals surface area (Å²) in [5, 5.41) is 0.735. The summed E-state index contributed by atoms with van der Waals surface area (Å²) in [6.45, 7) is 0. The average Bonchev–Trinajstić information content (AvgIpc) is 2.32. The Morgan fingerprint density at radius 2 is 2.12 bits per heavy atom. The Labute approximate surface area is 107 Å². The molecule has 0 saturated heterocycles. The van der Waals surface area contributed by atoms with Crippen molar-refractivity contribution < 1.29 is 4.74 Å². The number of H-pyrrole nitrogens is 1. The van der Waals surface area contributed by atoms with Gasteiger partial charge in [-0.1, -0.05) is 35.3 Å². The first-order chi connectivity index (χ1) is 8.15. The number of nitrogens with zero attached hydrogens (tertiary/aromatic N) is 1. The lowest BCUT2D eigenvalue weighted by atomic mass is 10.1. The van der Waals surface area contributed by atoms with Gasteiger partial charge in [-0.25, -0.2) is 4.98 Å². The van der Waals surface area contributed by atoms with E-state index in [1.807, 2.05) is 0 Å². The highest BCUT2D eigenvalue weighted by Crippen LogP contribution is 2.34. The summed E-state index contributed by atoms with van der Waals surface area (Å²) in [7, 11) is 1.40. The van der Waals surface area contributed by atoms with Crippen molar-refractivity contribution >= 4 is 23.2 Å². The molecule has 0 radical (unpaired) electrons. The fraction of sp³-hybridized carbons (Fsp3) is 0.0909. The molecule has 0 atom stereocenters. The minimum absolute atomic E-state index is 0.108. The lowest BCUT2D eigenvalue weighted by molar-refractivity contribution is 0.408. The maximum atomic E-state index is 11.5. The second-order valence-corrected chi connectivity index (χ2v) is 4.00. The van der Waals surface area contributed by atoms with Gasteiger partial charge >= 0.3 is 0 Å². The zero-order valence-corrected chi connectivity index (χ0v) is 10.3. The van der Waals surface area contributed by atoms with E-state index < -0.39 is 0 Å². The van der Waals surface area contributed by atoms with Crippen LogP contribution in [0.3, 0.4) is 0 Å². The van der Waals surface area contributed by atoms with Crippen molar-refractivity contribution in [3.8, 4) is 17.0 Å². The Balaban J connectivity index is 2.73. The lowest BCUT2D eigenvalue weighted by Gasteiger charge is -2.08. The van der Waals surface area contributed by atoms with E-state index in [0.29, 0.717) is 21.3 Å².